The highest BCUT2D eigenvalue weighted by atomic mass is 32.2. The second-order valence-corrected chi connectivity index (χ2v) is 7.27. The second kappa shape index (κ2) is 6.53. The van der Waals surface area contributed by atoms with Gasteiger partial charge in [0.05, 0.1) is 17.8 Å². The maximum Gasteiger partial charge on any atom is 0.332 e. The van der Waals surface area contributed by atoms with E-state index in [-0.39, 0.29) is 11.7 Å². The highest BCUT2D eigenvalue weighted by Crippen LogP contribution is 2.32. The fourth-order valence-corrected chi connectivity index (χ4v) is 4.44. The van der Waals surface area contributed by atoms with Crippen molar-refractivity contribution in [3.63, 3.8) is 0 Å². The smallest absolute Gasteiger partial charge is 0.332 e. The number of carboxylic acids is 1. The molecule has 7 nitrogen and oxygen atoms in total. The van der Waals surface area contributed by atoms with E-state index >= 15 is 0 Å². The number of H-pyrrole nitrogens is 1. The van der Waals surface area contributed by atoms with Crippen molar-refractivity contribution in [3.05, 3.63) is 48.2 Å². The second-order valence-electron chi connectivity index (χ2n) is 6.25. The zero-order valence-electron chi connectivity index (χ0n) is 14.2. The van der Waals surface area contributed by atoms with Crippen molar-refractivity contribution in [3.8, 4) is 0 Å². The first-order valence-electron chi connectivity index (χ1n) is 8.27. The maximum absolute atomic E-state index is 12.8. The first-order valence-corrected chi connectivity index (χ1v) is 9.26. The van der Waals surface area contributed by atoms with Gasteiger partial charge in [-0.25, -0.2) is 9.78 Å². The molecule has 2 aromatic heterocycles. The highest BCUT2D eigenvalue weighted by Gasteiger charge is 2.37. The van der Waals surface area contributed by atoms with Crippen LogP contribution in [-0.2, 0) is 23.1 Å². The number of hydrogen-bond acceptors (Lipinski definition) is 4. The number of nitrogens with one attached hydrogen (secondary N) is 1. The van der Waals surface area contributed by atoms with Gasteiger partial charge in [-0.15, -0.1) is 11.8 Å². The van der Waals surface area contributed by atoms with Gasteiger partial charge in [0.1, 0.15) is 0 Å². The number of aryl methyl sites for hydroxylation is 1. The zero-order chi connectivity index (χ0) is 18.3. The SMILES string of the molecule is Cn1cc(SCC(=O)N2CCc3[nH]cnc3[C@H]2C(=O)O)c2ccccc21. The molecule has 3 aromatic rings. The molecule has 0 aliphatic carbocycles. The molecule has 0 bridgehead atoms. The number of carboxylic acid groups (broad SMARTS) is 1. The molecule has 3 heterocycles. The van der Waals surface area contributed by atoms with Gasteiger partial charge in [0, 0.05) is 47.7 Å². The van der Waals surface area contributed by atoms with Crippen molar-refractivity contribution in [1.82, 2.24) is 19.4 Å². The minimum Gasteiger partial charge on any atom is -0.479 e. The summed E-state index contributed by atoms with van der Waals surface area (Å²) in [6.45, 7) is 0.376. The molecule has 2 N–H and O–H groups in total. The van der Waals surface area contributed by atoms with Gasteiger partial charge >= 0.3 is 5.97 Å². The van der Waals surface area contributed by atoms with Gasteiger partial charge in [-0.3, -0.25) is 4.79 Å². The number of amides is 1. The van der Waals surface area contributed by atoms with Crippen LogP contribution in [0.15, 0.2) is 41.7 Å². The Hall–Kier alpha value is -2.74. The molecule has 1 aliphatic heterocycles. The van der Waals surface area contributed by atoms with Crippen LogP contribution in [0.2, 0.25) is 0 Å². The van der Waals surface area contributed by atoms with Gasteiger partial charge in [0.2, 0.25) is 5.91 Å². The Bertz CT molecular complexity index is 993. The molecule has 4 rings (SSSR count). The number of hydrogen-bond donors (Lipinski definition) is 2. The van der Waals surface area contributed by atoms with Crippen molar-refractivity contribution in [1.29, 1.82) is 0 Å². The van der Waals surface area contributed by atoms with Crippen LogP contribution >= 0.6 is 11.8 Å². The summed E-state index contributed by atoms with van der Waals surface area (Å²) >= 11 is 1.44. The van der Waals surface area contributed by atoms with Gasteiger partial charge in [-0.1, -0.05) is 18.2 Å². The molecule has 26 heavy (non-hydrogen) atoms. The Morgan fingerprint density at radius 2 is 2.19 bits per heavy atom. The third kappa shape index (κ3) is 2.76. The molecular weight excluding hydrogens is 352 g/mol. The molecule has 8 heteroatoms. The number of thioether (sulfide) groups is 1. The van der Waals surface area contributed by atoms with E-state index in [4.69, 9.17) is 0 Å². The summed E-state index contributed by atoms with van der Waals surface area (Å²) in [5.41, 5.74) is 2.33. The monoisotopic (exact) mass is 370 g/mol. The molecule has 0 fully saturated rings. The number of aromatic amines is 1. The number of imidazole rings is 1. The van der Waals surface area contributed by atoms with Crippen LogP contribution in [0, 0.1) is 0 Å². The zero-order valence-corrected chi connectivity index (χ0v) is 15.0. The van der Waals surface area contributed by atoms with Crippen LogP contribution < -0.4 is 0 Å². The lowest BCUT2D eigenvalue weighted by Gasteiger charge is -2.32. The Balaban J connectivity index is 1.54. The van der Waals surface area contributed by atoms with Gasteiger partial charge in [-0.2, -0.15) is 0 Å². The summed E-state index contributed by atoms with van der Waals surface area (Å²) in [5, 5.41) is 10.7. The lowest BCUT2D eigenvalue weighted by molar-refractivity contribution is -0.150. The Kier molecular flexibility index (Phi) is 4.20. The summed E-state index contributed by atoms with van der Waals surface area (Å²) in [4.78, 5) is 34.0. The molecule has 1 aromatic carbocycles. The Morgan fingerprint density at radius 1 is 1.38 bits per heavy atom. The minimum absolute atomic E-state index is 0.191. The number of carbonyl (C=O) groups is 2. The summed E-state index contributed by atoms with van der Waals surface area (Å²) in [6, 6.07) is 6.99. The number of para-hydroxylation sites is 1. The molecule has 0 radical (unpaired) electrons. The quantitative estimate of drug-likeness (QED) is 0.687. The van der Waals surface area contributed by atoms with Crippen LogP contribution in [0.25, 0.3) is 10.9 Å². The van der Waals surface area contributed by atoms with Gasteiger partial charge in [-0.05, 0) is 6.07 Å². The molecule has 0 spiro atoms. The number of rotatable bonds is 4. The van der Waals surface area contributed by atoms with Crippen molar-refractivity contribution in [2.45, 2.75) is 17.4 Å². The molecule has 134 valence electrons. The third-order valence-corrected chi connectivity index (χ3v) is 5.72. The number of carbonyl (C=O) groups excluding carboxylic acids is 1. The first-order chi connectivity index (χ1) is 12.6. The number of benzene rings is 1. The molecular formula is C18H18N4O3S. The number of fused-ring (bicyclic) bond motifs is 2. The fraction of sp³-hybridized carbons (Fsp3) is 0.278. The van der Waals surface area contributed by atoms with E-state index in [9.17, 15) is 14.7 Å². The normalized spacial score (nSPS) is 16.7. The third-order valence-electron chi connectivity index (χ3n) is 4.69. The van der Waals surface area contributed by atoms with Crippen molar-refractivity contribution >= 4 is 34.5 Å². The summed E-state index contributed by atoms with van der Waals surface area (Å²) < 4.78 is 2.03. The van der Waals surface area contributed by atoms with E-state index < -0.39 is 12.0 Å². The van der Waals surface area contributed by atoms with Gasteiger partial charge in [0.15, 0.2) is 6.04 Å². The average molecular weight is 370 g/mol. The van der Waals surface area contributed by atoms with Crippen molar-refractivity contribution in [2.75, 3.05) is 12.3 Å². The predicted octanol–water partition coefficient (Wildman–Crippen LogP) is 2.20. The molecule has 1 amide bonds. The summed E-state index contributed by atoms with van der Waals surface area (Å²) in [5.74, 6) is -1.05. The average Bonchev–Trinajstić information content (AvgIpc) is 3.23. The van der Waals surface area contributed by atoms with Crippen LogP contribution in [0.5, 0.6) is 0 Å². The van der Waals surface area contributed by atoms with E-state index in [0.29, 0.717) is 18.7 Å². The summed E-state index contributed by atoms with van der Waals surface area (Å²) in [6.07, 6.45) is 4.07. The standard InChI is InChI=1S/C18H18N4O3S/c1-21-8-14(11-4-2-3-5-13(11)21)26-9-15(23)22-7-6-12-16(20-10-19-12)17(22)18(24)25/h2-5,8,10,17H,6-7,9H2,1H3,(H,19,20)(H,24,25)/t17-/m0/s1. The lowest BCUT2D eigenvalue weighted by atomic mass is 10.0. The van der Waals surface area contributed by atoms with Crippen LogP contribution in [0.4, 0.5) is 0 Å². The van der Waals surface area contributed by atoms with E-state index in [1.54, 1.807) is 0 Å². The van der Waals surface area contributed by atoms with E-state index in [1.807, 2.05) is 42.1 Å². The fourth-order valence-electron chi connectivity index (χ4n) is 3.44. The molecule has 1 aliphatic rings. The Morgan fingerprint density at radius 3 is 3.00 bits per heavy atom. The van der Waals surface area contributed by atoms with Gasteiger partial charge in [0.25, 0.3) is 0 Å². The minimum atomic E-state index is -1.05. The molecule has 1 atom stereocenters. The van der Waals surface area contributed by atoms with E-state index in [1.165, 1.54) is 23.0 Å². The van der Waals surface area contributed by atoms with Crippen molar-refractivity contribution in [2.24, 2.45) is 7.05 Å². The van der Waals surface area contributed by atoms with E-state index in [2.05, 4.69) is 9.97 Å². The molecule has 0 unspecified atom stereocenters. The van der Waals surface area contributed by atoms with E-state index in [0.717, 1.165) is 21.5 Å². The molecule has 0 saturated heterocycles. The number of aliphatic carboxylic acids is 1. The van der Waals surface area contributed by atoms with Crippen LogP contribution in [0.3, 0.4) is 0 Å². The van der Waals surface area contributed by atoms with Crippen LogP contribution in [-0.4, -0.2) is 48.7 Å². The van der Waals surface area contributed by atoms with Gasteiger partial charge < -0.3 is 19.6 Å². The topological polar surface area (TPSA) is 91.2 Å². The maximum atomic E-state index is 12.8. The van der Waals surface area contributed by atoms with Crippen LogP contribution in [0.1, 0.15) is 17.4 Å². The summed E-state index contributed by atoms with van der Waals surface area (Å²) in [7, 11) is 1.97. The number of nitrogens with zero attached hydrogens (tertiary/aromatic N) is 3. The largest absolute Gasteiger partial charge is 0.479 e. The first kappa shape index (κ1) is 16.7. The highest BCUT2D eigenvalue weighted by molar-refractivity contribution is 8.00. The molecule has 0 saturated carbocycles. The predicted molar refractivity (Wildman–Crippen MR) is 98.0 cm³/mol. The lowest BCUT2D eigenvalue weighted by Crippen LogP contribution is -2.44. The van der Waals surface area contributed by atoms with Crippen molar-refractivity contribution < 1.29 is 14.7 Å². The number of aromatic nitrogens is 3. The Labute approximate surface area is 154 Å².